The Morgan fingerprint density at radius 2 is 1.76 bits per heavy atom. The summed E-state index contributed by atoms with van der Waals surface area (Å²) in [4.78, 5) is 21.2. The third-order valence-corrected chi connectivity index (χ3v) is 8.26. The molecular formula is C23H25F2N3O5S. The number of aromatic nitrogens is 2. The van der Waals surface area contributed by atoms with Crippen LogP contribution in [0, 0.1) is 5.92 Å². The van der Waals surface area contributed by atoms with Crippen LogP contribution in [0.3, 0.4) is 0 Å². The van der Waals surface area contributed by atoms with Gasteiger partial charge >= 0.3 is 0 Å². The number of carbonyl (C=O) groups is 1. The molecule has 2 aliphatic rings. The molecule has 2 aromatic rings. The van der Waals surface area contributed by atoms with Crippen LogP contribution >= 0.6 is 0 Å². The molecule has 2 fully saturated rings. The van der Waals surface area contributed by atoms with Gasteiger partial charge in [0.05, 0.1) is 34.8 Å². The highest BCUT2D eigenvalue weighted by Gasteiger charge is 2.37. The Hall–Kier alpha value is -2.76. The first kappa shape index (κ1) is 24.4. The average Bonchev–Trinajstić information content (AvgIpc) is 3.64. The zero-order valence-electron chi connectivity index (χ0n) is 18.1. The van der Waals surface area contributed by atoms with Crippen molar-refractivity contribution in [3.63, 3.8) is 0 Å². The van der Waals surface area contributed by atoms with Gasteiger partial charge in [-0.25, -0.2) is 22.2 Å². The lowest BCUT2D eigenvalue weighted by atomic mass is 9.98. The van der Waals surface area contributed by atoms with Gasteiger partial charge < -0.3 is 15.5 Å². The maximum absolute atomic E-state index is 13.7. The van der Waals surface area contributed by atoms with Crippen LogP contribution in [0.4, 0.5) is 14.6 Å². The van der Waals surface area contributed by atoms with Crippen LogP contribution in [0.1, 0.15) is 43.0 Å². The van der Waals surface area contributed by atoms with Crippen molar-refractivity contribution in [1.82, 2.24) is 9.97 Å². The highest BCUT2D eigenvalue weighted by molar-refractivity contribution is 7.92. The number of allylic oxidation sites excluding steroid dienone is 1. The third-order valence-electron chi connectivity index (χ3n) is 5.98. The first-order valence-electron chi connectivity index (χ1n) is 11.0. The van der Waals surface area contributed by atoms with Gasteiger partial charge in [0.2, 0.25) is 0 Å². The second kappa shape index (κ2) is 9.85. The normalized spacial score (nSPS) is 24.1. The third kappa shape index (κ3) is 5.31. The van der Waals surface area contributed by atoms with Crippen molar-refractivity contribution in [3.8, 4) is 0 Å². The van der Waals surface area contributed by atoms with Crippen LogP contribution in [0.2, 0.25) is 0 Å². The molecule has 1 aromatic carbocycles. The summed E-state index contributed by atoms with van der Waals surface area (Å²) in [5.41, 5.74) is 0.644. The number of nitrogens with one attached hydrogen (secondary N) is 1. The molecular weight excluding hydrogens is 468 g/mol. The molecule has 34 heavy (non-hydrogen) atoms. The van der Waals surface area contributed by atoms with Crippen LogP contribution in [0.5, 0.6) is 0 Å². The van der Waals surface area contributed by atoms with Crippen LogP contribution in [0.15, 0.2) is 47.6 Å². The van der Waals surface area contributed by atoms with Crippen molar-refractivity contribution >= 4 is 27.1 Å². The van der Waals surface area contributed by atoms with Crippen LogP contribution in [0.25, 0.3) is 5.57 Å². The number of alkyl halides is 2. The summed E-state index contributed by atoms with van der Waals surface area (Å²) in [7, 11) is -3.40. The molecule has 0 radical (unpaired) electrons. The number of nitrogens with zero attached hydrogens (tertiary/aromatic N) is 2. The van der Waals surface area contributed by atoms with E-state index in [0.29, 0.717) is 18.4 Å². The number of amides is 1. The average molecular weight is 494 g/mol. The van der Waals surface area contributed by atoms with Gasteiger partial charge in [0.15, 0.2) is 15.7 Å². The lowest BCUT2D eigenvalue weighted by molar-refractivity contribution is -0.111. The molecule has 11 heteroatoms. The van der Waals surface area contributed by atoms with Crippen molar-refractivity contribution in [2.75, 3.05) is 11.9 Å². The smallest absolute Gasteiger partial charge is 0.257 e. The van der Waals surface area contributed by atoms with Gasteiger partial charge in [0.1, 0.15) is 18.4 Å². The van der Waals surface area contributed by atoms with Crippen molar-refractivity contribution < 1.29 is 32.2 Å². The fourth-order valence-electron chi connectivity index (χ4n) is 3.89. The van der Waals surface area contributed by atoms with Gasteiger partial charge in [0, 0.05) is 5.57 Å². The first-order valence-corrected chi connectivity index (χ1v) is 12.5. The fourth-order valence-corrected chi connectivity index (χ4v) is 5.55. The van der Waals surface area contributed by atoms with Gasteiger partial charge in [0.25, 0.3) is 5.91 Å². The van der Waals surface area contributed by atoms with Crippen molar-refractivity contribution in [3.05, 3.63) is 54.0 Å². The summed E-state index contributed by atoms with van der Waals surface area (Å²) in [6, 6.07) is 5.86. The summed E-state index contributed by atoms with van der Waals surface area (Å²) < 4.78 is 52.4. The Kier molecular flexibility index (Phi) is 7.06. The molecule has 0 aliphatic heterocycles. The highest BCUT2D eigenvalue weighted by atomic mass is 32.2. The molecule has 1 heterocycles. The zero-order valence-corrected chi connectivity index (χ0v) is 19.0. The second-order valence-corrected chi connectivity index (χ2v) is 10.8. The molecule has 3 N–H and O–H groups in total. The summed E-state index contributed by atoms with van der Waals surface area (Å²) >= 11 is 0. The molecule has 0 bridgehead atoms. The maximum Gasteiger partial charge on any atom is 0.257 e. The van der Waals surface area contributed by atoms with Gasteiger partial charge in [-0.15, -0.1) is 0 Å². The van der Waals surface area contributed by atoms with E-state index in [1.807, 2.05) is 0 Å². The molecule has 4 atom stereocenters. The zero-order chi connectivity index (χ0) is 24.5. The molecule has 8 nitrogen and oxygen atoms in total. The maximum atomic E-state index is 13.7. The largest absolute Gasteiger partial charge is 0.393 e. The quantitative estimate of drug-likeness (QED) is 0.482. The van der Waals surface area contributed by atoms with E-state index in [-0.39, 0.29) is 40.1 Å². The predicted molar refractivity (Wildman–Crippen MR) is 120 cm³/mol. The summed E-state index contributed by atoms with van der Waals surface area (Å²) in [5, 5.41) is 20.8. The molecule has 0 saturated heterocycles. The highest BCUT2D eigenvalue weighted by Crippen LogP contribution is 2.36. The molecule has 0 spiro atoms. The van der Waals surface area contributed by atoms with Gasteiger partial charge in [-0.2, -0.15) is 0 Å². The minimum atomic E-state index is -3.40. The number of benzene rings is 1. The summed E-state index contributed by atoms with van der Waals surface area (Å²) in [5.74, 6) is -1.05. The van der Waals surface area contributed by atoms with E-state index in [1.165, 1.54) is 42.7 Å². The number of anilines is 1. The Morgan fingerprint density at radius 3 is 2.29 bits per heavy atom. The van der Waals surface area contributed by atoms with E-state index in [2.05, 4.69) is 15.3 Å². The fraction of sp³-hybridized carbons (Fsp3) is 0.435. The molecule has 1 amide bonds. The topological polar surface area (TPSA) is 129 Å². The van der Waals surface area contributed by atoms with Crippen molar-refractivity contribution in [2.45, 2.75) is 54.3 Å². The Morgan fingerprint density at radius 1 is 1.12 bits per heavy atom. The van der Waals surface area contributed by atoms with E-state index < -0.39 is 46.7 Å². The van der Waals surface area contributed by atoms with Gasteiger partial charge in [-0.3, -0.25) is 9.78 Å². The van der Waals surface area contributed by atoms with E-state index >= 15 is 0 Å². The monoisotopic (exact) mass is 493 g/mol. The Bertz CT molecular complexity index is 1160. The van der Waals surface area contributed by atoms with Crippen molar-refractivity contribution in [2.24, 2.45) is 5.92 Å². The summed E-state index contributed by atoms with van der Waals surface area (Å²) in [6.07, 6.45) is 0.647. The second-order valence-electron chi connectivity index (χ2n) is 8.59. The number of sulfone groups is 1. The molecule has 182 valence electrons. The van der Waals surface area contributed by atoms with E-state index in [1.54, 1.807) is 0 Å². The first-order chi connectivity index (χ1) is 16.2. The molecule has 2 unspecified atom stereocenters. The Balaban J connectivity index is 1.60. The standard InChI is InChI=1S/C23H25F2N3O5S/c24-18-8-13(9-19(18)25)7-17(14-1-3-15(4-2-14)34(32,33)16-5-6-16)23(31)28-22-11-26-20(10-27-22)21(30)12-29/h1-4,7,10-11,13,16,18-19,21,29-30H,5-6,8-9,12H2,(H,27,28,31)/b17-7+/t13?,18-,19+,21?. The van der Waals surface area contributed by atoms with Gasteiger partial charge in [-0.05, 0) is 49.3 Å². The van der Waals surface area contributed by atoms with Crippen molar-refractivity contribution in [1.29, 1.82) is 0 Å². The van der Waals surface area contributed by atoms with Gasteiger partial charge in [-0.1, -0.05) is 18.2 Å². The molecule has 1 aromatic heterocycles. The molecule has 4 rings (SSSR count). The lowest BCUT2D eigenvalue weighted by Gasteiger charge is -2.13. The molecule has 2 saturated carbocycles. The number of hydrogen-bond donors (Lipinski definition) is 3. The molecule has 2 aliphatic carbocycles. The van der Waals surface area contributed by atoms with Crippen LogP contribution in [-0.2, 0) is 14.6 Å². The van der Waals surface area contributed by atoms with E-state index in [9.17, 15) is 27.1 Å². The minimum absolute atomic E-state index is 0.0559. The minimum Gasteiger partial charge on any atom is -0.393 e. The number of carbonyl (C=O) groups excluding carboxylic acids is 1. The Labute approximate surface area is 195 Å². The SMILES string of the molecule is O=C(Nc1cnc(C(O)CO)cn1)/C(=C/C1C[C@@H](F)[C@@H](F)C1)c1ccc(S(=O)(=O)C2CC2)cc1. The number of aliphatic hydroxyl groups is 2. The summed E-state index contributed by atoms with van der Waals surface area (Å²) in [6.45, 7) is -0.535. The lowest BCUT2D eigenvalue weighted by Crippen LogP contribution is -2.16. The number of halogens is 2. The number of hydrogen-bond acceptors (Lipinski definition) is 7. The van der Waals surface area contributed by atoms with E-state index in [0.717, 1.165) is 0 Å². The van der Waals surface area contributed by atoms with Crippen LogP contribution in [-0.4, -0.2) is 58.7 Å². The van der Waals surface area contributed by atoms with E-state index in [4.69, 9.17) is 5.11 Å². The number of rotatable bonds is 8. The number of aliphatic hydroxyl groups excluding tert-OH is 2. The predicted octanol–water partition coefficient (Wildman–Crippen LogP) is 2.55. The van der Waals surface area contributed by atoms with Crippen LogP contribution < -0.4 is 5.32 Å².